The molecule has 0 amide bonds. The fraction of sp³-hybridized carbons (Fsp3) is 0.400. The Kier molecular flexibility index (Phi) is 3.10. The van der Waals surface area contributed by atoms with Gasteiger partial charge in [0.15, 0.2) is 9.84 Å². The average Bonchev–Trinajstić information content (AvgIpc) is 2.39. The number of ether oxygens (including phenoxy) is 1. The van der Waals surface area contributed by atoms with Gasteiger partial charge < -0.3 is 9.84 Å². The summed E-state index contributed by atoms with van der Waals surface area (Å²) in [5.41, 5.74) is 0. The minimum Gasteiger partial charge on any atom is -0.487 e. The summed E-state index contributed by atoms with van der Waals surface area (Å²) in [5, 5.41) is 10.0. The normalized spacial score (nSPS) is 27.9. The Morgan fingerprint density at radius 1 is 1.38 bits per heavy atom. The van der Waals surface area contributed by atoms with E-state index in [0.717, 1.165) is 0 Å². The molecule has 0 spiro atoms. The largest absolute Gasteiger partial charge is 0.487 e. The van der Waals surface area contributed by atoms with Crippen LogP contribution in [0.25, 0.3) is 0 Å². The Balaban J connectivity index is 2.11. The van der Waals surface area contributed by atoms with Crippen LogP contribution in [0.2, 0.25) is 5.02 Å². The second kappa shape index (κ2) is 4.24. The zero-order valence-corrected chi connectivity index (χ0v) is 9.91. The van der Waals surface area contributed by atoms with E-state index in [-0.39, 0.29) is 11.5 Å². The van der Waals surface area contributed by atoms with E-state index in [2.05, 4.69) is 0 Å². The molecule has 1 aliphatic rings. The van der Waals surface area contributed by atoms with Gasteiger partial charge in [-0.3, -0.25) is 0 Å². The van der Waals surface area contributed by atoms with Crippen LogP contribution in [-0.2, 0) is 9.84 Å². The molecule has 0 bridgehead atoms. The first kappa shape index (κ1) is 11.7. The molecule has 88 valence electrons. The lowest BCUT2D eigenvalue weighted by atomic mass is 10.2. The highest BCUT2D eigenvalue weighted by Crippen LogP contribution is 2.22. The van der Waals surface area contributed by atoms with Gasteiger partial charge in [-0.2, -0.15) is 0 Å². The van der Waals surface area contributed by atoms with Gasteiger partial charge in [0.25, 0.3) is 0 Å². The fourth-order valence-electron chi connectivity index (χ4n) is 1.62. The van der Waals surface area contributed by atoms with E-state index >= 15 is 0 Å². The van der Waals surface area contributed by atoms with Crippen molar-refractivity contribution in [1.29, 1.82) is 0 Å². The topological polar surface area (TPSA) is 63.6 Å². The maximum Gasteiger partial charge on any atom is 0.156 e. The molecule has 1 fully saturated rings. The predicted molar refractivity (Wildman–Crippen MR) is 60.5 cm³/mol. The van der Waals surface area contributed by atoms with Gasteiger partial charge in [-0.1, -0.05) is 17.7 Å². The first-order chi connectivity index (χ1) is 7.46. The van der Waals surface area contributed by atoms with Crippen LogP contribution in [0.1, 0.15) is 0 Å². The molecule has 0 saturated carbocycles. The number of halogens is 1. The molecule has 1 aromatic rings. The fourth-order valence-corrected chi connectivity index (χ4v) is 3.47. The van der Waals surface area contributed by atoms with Gasteiger partial charge in [0.2, 0.25) is 0 Å². The molecule has 2 atom stereocenters. The van der Waals surface area contributed by atoms with Crippen molar-refractivity contribution < 1.29 is 18.3 Å². The Bertz CT molecular complexity index is 485. The van der Waals surface area contributed by atoms with Crippen molar-refractivity contribution in [2.75, 3.05) is 11.5 Å². The van der Waals surface area contributed by atoms with Crippen molar-refractivity contribution in [1.82, 2.24) is 0 Å². The molecule has 0 radical (unpaired) electrons. The van der Waals surface area contributed by atoms with E-state index in [1.807, 2.05) is 0 Å². The van der Waals surface area contributed by atoms with Crippen LogP contribution in [-0.4, -0.2) is 37.2 Å². The van der Waals surface area contributed by atoms with Crippen molar-refractivity contribution in [3.8, 4) is 5.75 Å². The third-order valence-corrected chi connectivity index (χ3v) is 4.28. The molecular formula is C10H11ClO4S. The smallest absolute Gasteiger partial charge is 0.156 e. The second-order valence-electron chi connectivity index (χ2n) is 3.76. The Labute approximate surface area is 98.7 Å². The van der Waals surface area contributed by atoms with Gasteiger partial charge in [0.05, 0.1) is 11.5 Å². The molecule has 2 rings (SSSR count). The van der Waals surface area contributed by atoms with Crippen molar-refractivity contribution in [3.05, 3.63) is 29.3 Å². The molecular weight excluding hydrogens is 252 g/mol. The Hall–Kier alpha value is -0.780. The summed E-state index contributed by atoms with van der Waals surface area (Å²) in [6, 6.07) is 6.65. The summed E-state index contributed by atoms with van der Waals surface area (Å²) in [5.74, 6) is 0.0764. The van der Waals surface area contributed by atoms with Crippen LogP contribution in [0.3, 0.4) is 0 Å². The molecule has 0 aliphatic carbocycles. The number of aliphatic hydroxyl groups is 1. The SMILES string of the molecule is O=S1(=O)CC(O)C(Oc2cccc(Cl)c2)C1. The minimum atomic E-state index is -3.18. The van der Waals surface area contributed by atoms with Gasteiger partial charge in [0.1, 0.15) is 18.0 Å². The molecule has 1 aliphatic heterocycles. The van der Waals surface area contributed by atoms with E-state index in [0.29, 0.717) is 10.8 Å². The van der Waals surface area contributed by atoms with Gasteiger partial charge >= 0.3 is 0 Å². The predicted octanol–water partition coefficient (Wildman–Crippen LogP) is 0.877. The van der Waals surface area contributed by atoms with Gasteiger partial charge in [-0.25, -0.2) is 8.42 Å². The molecule has 1 heterocycles. The lowest BCUT2D eigenvalue weighted by Gasteiger charge is -2.15. The van der Waals surface area contributed by atoms with Crippen LogP contribution in [0.4, 0.5) is 0 Å². The zero-order valence-electron chi connectivity index (χ0n) is 8.34. The molecule has 6 heteroatoms. The average molecular weight is 263 g/mol. The first-order valence-electron chi connectivity index (χ1n) is 4.77. The lowest BCUT2D eigenvalue weighted by molar-refractivity contribution is 0.0738. The van der Waals surface area contributed by atoms with E-state index in [1.165, 1.54) is 0 Å². The summed E-state index contributed by atoms with van der Waals surface area (Å²) in [7, 11) is -3.18. The summed E-state index contributed by atoms with van der Waals surface area (Å²) in [6.07, 6.45) is -1.67. The first-order valence-corrected chi connectivity index (χ1v) is 6.97. The highest BCUT2D eigenvalue weighted by molar-refractivity contribution is 7.91. The number of sulfone groups is 1. The Morgan fingerprint density at radius 2 is 2.12 bits per heavy atom. The number of hydrogen-bond acceptors (Lipinski definition) is 4. The quantitative estimate of drug-likeness (QED) is 0.859. The molecule has 1 aromatic carbocycles. The van der Waals surface area contributed by atoms with Crippen LogP contribution >= 0.6 is 11.6 Å². The monoisotopic (exact) mass is 262 g/mol. The van der Waals surface area contributed by atoms with Crippen LogP contribution in [0, 0.1) is 0 Å². The van der Waals surface area contributed by atoms with Crippen molar-refractivity contribution in [2.24, 2.45) is 0 Å². The molecule has 0 aromatic heterocycles. The lowest BCUT2D eigenvalue weighted by Crippen LogP contribution is -2.29. The molecule has 1 saturated heterocycles. The summed E-state index contributed by atoms with van der Waals surface area (Å²) >= 11 is 5.76. The van der Waals surface area contributed by atoms with Crippen molar-refractivity contribution >= 4 is 21.4 Å². The number of benzene rings is 1. The third-order valence-electron chi connectivity index (χ3n) is 2.36. The van der Waals surface area contributed by atoms with Crippen molar-refractivity contribution in [2.45, 2.75) is 12.2 Å². The van der Waals surface area contributed by atoms with Crippen molar-refractivity contribution in [3.63, 3.8) is 0 Å². The maximum absolute atomic E-state index is 11.2. The highest BCUT2D eigenvalue weighted by Gasteiger charge is 2.38. The van der Waals surface area contributed by atoms with Crippen LogP contribution in [0.15, 0.2) is 24.3 Å². The summed E-state index contributed by atoms with van der Waals surface area (Å²) < 4.78 is 27.9. The third kappa shape index (κ3) is 2.66. The molecule has 2 unspecified atom stereocenters. The summed E-state index contributed by atoms with van der Waals surface area (Å²) in [6.45, 7) is 0. The van der Waals surface area contributed by atoms with E-state index in [9.17, 15) is 13.5 Å². The molecule has 4 nitrogen and oxygen atoms in total. The van der Waals surface area contributed by atoms with Gasteiger partial charge in [-0.05, 0) is 18.2 Å². The summed E-state index contributed by atoms with van der Waals surface area (Å²) in [4.78, 5) is 0. The minimum absolute atomic E-state index is 0.152. The maximum atomic E-state index is 11.2. The number of hydrogen-bond donors (Lipinski definition) is 1. The molecule has 16 heavy (non-hydrogen) atoms. The van der Waals surface area contributed by atoms with Gasteiger partial charge in [-0.15, -0.1) is 0 Å². The van der Waals surface area contributed by atoms with E-state index < -0.39 is 22.0 Å². The van der Waals surface area contributed by atoms with Crippen LogP contribution in [0.5, 0.6) is 5.75 Å². The zero-order chi connectivity index (χ0) is 11.8. The van der Waals surface area contributed by atoms with Crippen LogP contribution < -0.4 is 4.74 Å². The Morgan fingerprint density at radius 3 is 2.69 bits per heavy atom. The number of aliphatic hydroxyl groups excluding tert-OH is 1. The van der Waals surface area contributed by atoms with E-state index in [1.54, 1.807) is 24.3 Å². The second-order valence-corrected chi connectivity index (χ2v) is 6.35. The van der Waals surface area contributed by atoms with E-state index in [4.69, 9.17) is 16.3 Å². The standard InChI is InChI=1S/C10H11ClO4S/c11-7-2-1-3-8(4-7)15-10-6-16(13,14)5-9(10)12/h1-4,9-10,12H,5-6H2. The number of rotatable bonds is 2. The highest BCUT2D eigenvalue weighted by atomic mass is 35.5. The van der Waals surface area contributed by atoms with Gasteiger partial charge in [0, 0.05) is 5.02 Å². The molecule has 1 N–H and O–H groups in total.